The standard InChI is InChI=1S/C16H13F3N2O2/c17-16(18,19)13-4-1-10(2-5-13)9-21-14-6-3-11(15(22)23)7-12(14)8-20-21/h1-8,11,14H,9H2,(H,22,23). The van der Waals surface area contributed by atoms with Crippen LogP contribution >= 0.6 is 0 Å². The van der Waals surface area contributed by atoms with Gasteiger partial charge in [-0.1, -0.05) is 30.4 Å². The lowest BCUT2D eigenvalue weighted by atomic mass is 9.94. The molecule has 2 atom stereocenters. The molecule has 1 aliphatic carbocycles. The number of halogens is 3. The summed E-state index contributed by atoms with van der Waals surface area (Å²) in [5.74, 6) is -1.60. The maximum atomic E-state index is 12.5. The number of carbonyl (C=O) groups is 1. The highest BCUT2D eigenvalue weighted by Crippen LogP contribution is 2.30. The number of carboxylic acids is 1. The van der Waals surface area contributed by atoms with Crippen LogP contribution in [0.25, 0.3) is 0 Å². The summed E-state index contributed by atoms with van der Waals surface area (Å²) in [5.41, 5.74) is 0.797. The third-order valence-electron chi connectivity index (χ3n) is 3.80. The van der Waals surface area contributed by atoms with Crippen molar-refractivity contribution in [3.05, 3.63) is 59.2 Å². The van der Waals surface area contributed by atoms with Crippen molar-refractivity contribution in [1.82, 2.24) is 5.01 Å². The van der Waals surface area contributed by atoms with Gasteiger partial charge in [-0.2, -0.15) is 18.3 Å². The molecule has 1 aromatic carbocycles. The third kappa shape index (κ3) is 3.13. The van der Waals surface area contributed by atoms with Crippen molar-refractivity contribution < 1.29 is 23.1 Å². The van der Waals surface area contributed by atoms with Crippen molar-refractivity contribution in [3.63, 3.8) is 0 Å². The zero-order valence-corrected chi connectivity index (χ0v) is 11.9. The SMILES string of the molecule is O=C(O)C1C=CC2C(=C1)C=NN2Cc1ccc(C(F)(F)F)cc1. The number of fused-ring (bicyclic) bond motifs is 1. The Labute approximate surface area is 130 Å². The summed E-state index contributed by atoms with van der Waals surface area (Å²) in [4.78, 5) is 11.0. The van der Waals surface area contributed by atoms with E-state index in [1.54, 1.807) is 29.5 Å². The normalized spacial score (nSPS) is 22.9. The van der Waals surface area contributed by atoms with Gasteiger partial charge in [0.25, 0.3) is 0 Å². The molecule has 0 saturated heterocycles. The Balaban J connectivity index is 1.71. The summed E-state index contributed by atoms with van der Waals surface area (Å²) in [6.45, 7) is 0.346. The van der Waals surface area contributed by atoms with E-state index in [4.69, 9.17) is 5.11 Å². The fourth-order valence-electron chi connectivity index (χ4n) is 2.58. The average Bonchev–Trinajstić information content (AvgIpc) is 2.89. The van der Waals surface area contributed by atoms with Gasteiger partial charge >= 0.3 is 12.1 Å². The molecular weight excluding hydrogens is 309 g/mol. The minimum absolute atomic E-state index is 0.173. The number of hydrogen-bond acceptors (Lipinski definition) is 3. The molecule has 23 heavy (non-hydrogen) atoms. The molecule has 0 radical (unpaired) electrons. The highest BCUT2D eigenvalue weighted by molar-refractivity contribution is 5.86. The Hall–Kier alpha value is -2.57. The van der Waals surface area contributed by atoms with Gasteiger partial charge in [0.05, 0.1) is 30.3 Å². The van der Waals surface area contributed by atoms with Crippen molar-refractivity contribution in [2.45, 2.75) is 18.8 Å². The Kier molecular flexibility index (Phi) is 3.71. The van der Waals surface area contributed by atoms with Gasteiger partial charge in [-0.05, 0) is 23.3 Å². The third-order valence-corrected chi connectivity index (χ3v) is 3.80. The maximum Gasteiger partial charge on any atom is 0.416 e. The van der Waals surface area contributed by atoms with Crippen LogP contribution in [0.15, 0.2) is 53.2 Å². The van der Waals surface area contributed by atoms with Gasteiger partial charge in [0.1, 0.15) is 0 Å². The van der Waals surface area contributed by atoms with E-state index < -0.39 is 23.6 Å². The van der Waals surface area contributed by atoms with E-state index in [1.807, 2.05) is 0 Å². The number of nitrogens with zero attached hydrogens (tertiary/aromatic N) is 2. The summed E-state index contributed by atoms with van der Waals surface area (Å²) in [6, 6.07) is 4.76. The lowest BCUT2D eigenvalue weighted by Gasteiger charge is -2.24. The number of hydrazone groups is 1. The molecule has 1 aliphatic heterocycles. The smallest absolute Gasteiger partial charge is 0.416 e. The van der Waals surface area contributed by atoms with Gasteiger partial charge in [-0.3, -0.25) is 9.80 Å². The summed E-state index contributed by atoms with van der Waals surface area (Å²) < 4.78 is 37.6. The molecular formula is C16H13F3N2O2. The number of carboxylic acid groups (broad SMARTS) is 1. The van der Waals surface area contributed by atoms with Gasteiger partial charge in [0.2, 0.25) is 0 Å². The van der Waals surface area contributed by atoms with E-state index in [1.165, 1.54) is 12.1 Å². The molecule has 4 nitrogen and oxygen atoms in total. The van der Waals surface area contributed by atoms with Crippen molar-refractivity contribution in [2.24, 2.45) is 11.0 Å². The second-order valence-corrected chi connectivity index (χ2v) is 5.40. The minimum atomic E-state index is -4.35. The van der Waals surface area contributed by atoms with E-state index in [9.17, 15) is 18.0 Å². The molecule has 120 valence electrons. The quantitative estimate of drug-likeness (QED) is 0.870. The molecule has 3 rings (SSSR count). The monoisotopic (exact) mass is 322 g/mol. The second-order valence-electron chi connectivity index (χ2n) is 5.40. The molecule has 2 aliphatic rings. The molecule has 7 heteroatoms. The lowest BCUT2D eigenvalue weighted by Crippen LogP contribution is -2.28. The number of hydrogen-bond donors (Lipinski definition) is 1. The van der Waals surface area contributed by atoms with Crippen LogP contribution in [0.3, 0.4) is 0 Å². The van der Waals surface area contributed by atoms with Gasteiger partial charge in [0, 0.05) is 0 Å². The molecule has 0 fully saturated rings. The molecule has 0 amide bonds. The van der Waals surface area contributed by atoms with Gasteiger partial charge < -0.3 is 5.11 Å². The molecule has 2 unspecified atom stereocenters. The number of aliphatic carboxylic acids is 1. The number of rotatable bonds is 3. The predicted molar refractivity (Wildman–Crippen MR) is 77.6 cm³/mol. The highest BCUT2D eigenvalue weighted by atomic mass is 19.4. The summed E-state index contributed by atoms with van der Waals surface area (Å²) >= 11 is 0. The Morgan fingerprint density at radius 1 is 1.22 bits per heavy atom. The lowest BCUT2D eigenvalue weighted by molar-refractivity contribution is -0.139. The van der Waals surface area contributed by atoms with Crippen LogP contribution in [0.1, 0.15) is 11.1 Å². The largest absolute Gasteiger partial charge is 0.481 e. The average molecular weight is 322 g/mol. The van der Waals surface area contributed by atoms with Crippen LogP contribution < -0.4 is 0 Å². The van der Waals surface area contributed by atoms with Gasteiger partial charge in [-0.25, -0.2) is 0 Å². The van der Waals surface area contributed by atoms with E-state index in [0.29, 0.717) is 12.1 Å². The van der Waals surface area contributed by atoms with Crippen LogP contribution in [0.4, 0.5) is 13.2 Å². The van der Waals surface area contributed by atoms with E-state index in [2.05, 4.69) is 5.10 Å². The Morgan fingerprint density at radius 3 is 2.52 bits per heavy atom. The van der Waals surface area contributed by atoms with Crippen LogP contribution in [-0.4, -0.2) is 28.3 Å². The number of benzene rings is 1. The molecule has 0 saturated carbocycles. The fourth-order valence-corrected chi connectivity index (χ4v) is 2.58. The highest BCUT2D eigenvalue weighted by Gasteiger charge is 2.31. The van der Waals surface area contributed by atoms with Crippen molar-refractivity contribution in [2.75, 3.05) is 0 Å². The molecule has 1 aromatic rings. The summed E-state index contributed by atoms with van der Waals surface area (Å²) in [5, 5.41) is 14.9. The molecule has 0 aromatic heterocycles. The van der Waals surface area contributed by atoms with Crippen LogP contribution in [0.5, 0.6) is 0 Å². The van der Waals surface area contributed by atoms with Crippen LogP contribution in [0, 0.1) is 5.92 Å². The van der Waals surface area contributed by atoms with E-state index in [0.717, 1.165) is 17.7 Å². The first-order valence-electron chi connectivity index (χ1n) is 6.94. The van der Waals surface area contributed by atoms with Crippen molar-refractivity contribution in [3.8, 4) is 0 Å². The maximum absolute atomic E-state index is 12.5. The molecule has 0 bridgehead atoms. The first-order valence-corrected chi connectivity index (χ1v) is 6.94. The fraction of sp³-hybridized carbons (Fsp3) is 0.250. The van der Waals surface area contributed by atoms with Gasteiger partial charge in [-0.15, -0.1) is 0 Å². The topological polar surface area (TPSA) is 52.9 Å². The first kappa shape index (κ1) is 15.3. The zero-order valence-electron chi connectivity index (χ0n) is 11.9. The first-order chi connectivity index (χ1) is 10.8. The molecule has 1 heterocycles. The Bertz CT molecular complexity index is 705. The number of alkyl halides is 3. The zero-order chi connectivity index (χ0) is 16.6. The Morgan fingerprint density at radius 2 is 1.91 bits per heavy atom. The summed E-state index contributed by atoms with van der Waals surface area (Å²) in [6.07, 6.45) is 2.21. The van der Waals surface area contributed by atoms with Gasteiger partial charge in [0.15, 0.2) is 0 Å². The summed E-state index contributed by atoms with van der Waals surface area (Å²) in [7, 11) is 0. The van der Waals surface area contributed by atoms with Crippen LogP contribution in [-0.2, 0) is 17.5 Å². The van der Waals surface area contributed by atoms with E-state index >= 15 is 0 Å². The van der Waals surface area contributed by atoms with Crippen molar-refractivity contribution in [1.29, 1.82) is 0 Å². The van der Waals surface area contributed by atoms with E-state index in [-0.39, 0.29) is 6.04 Å². The molecule has 0 spiro atoms. The van der Waals surface area contributed by atoms with Crippen LogP contribution in [0.2, 0.25) is 0 Å². The minimum Gasteiger partial charge on any atom is -0.481 e. The predicted octanol–water partition coefficient (Wildman–Crippen LogP) is 3.07. The van der Waals surface area contributed by atoms with Crippen molar-refractivity contribution >= 4 is 12.2 Å². The second kappa shape index (κ2) is 5.57. The molecule has 1 N–H and O–H groups in total.